The Labute approximate surface area is 269 Å². The Morgan fingerprint density at radius 3 is 2.29 bits per heavy atom. The van der Waals surface area contributed by atoms with Crippen molar-refractivity contribution in [3.05, 3.63) is 77.1 Å². The molecule has 15 nitrogen and oxygen atoms in total. The molecule has 6 aromatic rings. The van der Waals surface area contributed by atoms with Crippen LogP contribution in [-0.4, -0.2) is 98.1 Å². The number of fused-ring (bicyclic) bond motifs is 10. The zero-order valence-corrected chi connectivity index (χ0v) is 24.9. The molecule has 0 aliphatic carbocycles. The second kappa shape index (κ2) is 11.0. The maximum Gasteiger partial charge on any atom is 0.276 e. The summed E-state index contributed by atoms with van der Waals surface area (Å²) in [5.74, 6) is -1.60. The lowest BCUT2D eigenvalue weighted by molar-refractivity contribution is -0.249. The van der Waals surface area contributed by atoms with Crippen LogP contribution in [0.4, 0.5) is 0 Å². The molecule has 3 aromatic carbocycles. The van der Waals surface area contributed by atoms with Crippen LogP contribution < -0.4 is 5.43 Å². The molecule has 0 spiro atoms. The number of nitrogens with one attached hydrogen (secondary N) is 2. The molecule has 0 saturated carbocycles. The lowest BCUT2D eigenvalue weighted by Crippen LogP contribution is -2.56. The summed E-state index contributed by atoms with van der Waals surface area (Å²) in [4.78, 5) is 35.9. The zero-order valence-electron chi connectivity index (χ0n) is 24.9. The van der Waals surface area contributed by atoms with Crippen LogP contribution in [0.3, 0.4) is 0 Å². The minimum absolute atomic E-state index is 0.00156. The first-order valence-electron chi connectivity index (χ1n) is 15.1. The third-order valence-electron chi connectivity index (χ3n) is 9.31. The summed E-state index contributed by atoms with van der Waals surface area (Å²) in [5.41, 5.74) is 5.33. The van der Waals surface area contributed by atoms with Crippen molar-refractivity contribution < 1.29 is 50.1 Å². The van der Waals surface area contributed by atoms with Crippen molar-refractivity contribution in [2.75, 3.05) is 6.61 Å². The number of hydrogen-bond donors (Lipinski definition) is 9. The minimum Gasteiger partial charge on any atom is -0.508 e. The summed E-state index contributed by atoms with van der Waals surface area (Å²) in [6.07, 6.45) is -4.84. The standard InChI is InChI=1S/C33H29N5O10/c39-11-14-9-34-6-5-13(14)10-35-38-31(46)24-22-17-3-1-15(41)7-19(17)36-26(22)27-23(25(24)32(38)47)18-4-2-16(42)8-20(18)37(27)33-30(45)29(44)28(43)21(12-40)48-33/h1-9,21,28-30,33,35-36,39-45H,10-12H2. The van der Waals surface area contributed by atoms with Gasteiger partial charge in [-0.05, 0) is 35.9 Å². The van der Waals surface area contributed by atoms with Gasteiger partial charge in [0.1, 0.15) is 35.9 Å². The van der Waals surface area contributed by atoms with Gasteiger partial charge in [0.2, 0.25) is 0 Å². The number of aromatic amines is 1. The lowest BCUT2D eigenvalue weighted by Gasteiger charge is -2.41. The quantitative estimate of drug-likeness (QED) is 0.114. The van der Waals surface area contributed by atoms with Crippen LogP contribution in [0.1, 0.15) is 38.1 Å². The first-order valence-corrected chi connectivity index (χ1v) is 15.1. The van der Waals surface area contributed by atoms with E-state index in [1.807, 2.05) is 0 Å². The number of hydrazine groups is 1. The number of aromatic nitrogens is 3. The molecular formula is C33H29N5O10. The number of phenolic OH excluding ortho intramolecular Hbond substituents is 2. The molecule has 15 heteroatoms. The Kier molecular flexibility index (Phi) is 6.90. The molecule has 3 aromatic heterocycles. The first-order chi connectivity index (χ1) is 23.1. The molecule has 5 heterocycles. The van der Waals surface area contributed by atoms with Gasteiger partial charge in [0, 0.05) is 58.2 Å². The molecule has 5 atom stereocenters. The normalized spacial score (nSPS) is 22.9. The van der Waals surface area contributed by atoms with E-state index in [4.69, 9.17) is 4.74 Å². The van der Waals surface area contributed by atoms with E-state index in [-0.39, 0.29) is 52.2 Å². The lowest BCUT2D eigenvalue weighted by atomic mass is 9.96. The second-order valence-corrected chi connectivity index (χ2v) is 12.0. The van der Waals surface area contributed by atoms with E-state index in [2.05, 4.69) is 15.4 Å². The Bertz CT molecular complexity index is 2310. The fourth-order valence-corrected chi connectivity index (χ4v) is 7.05. The number of aliphatic hydroxyl groups excluding tert-OH is 5. The van der Waals surface area contributed by atoms with Crippen molar-refractivity contribution >= 4 is 55.4 Å². The summed E-state index contributed by atoms with van der Waals surface area (Å²) >= 11 is 0. The molecule has 0 radical (unpaired) electrons. The largest absolute Gasteiger partial charge is 0.508 e. The maximum absolute atomic E-state index is 14.4. The van der Waals surface area contributed by atoms with Gasteiger partial charge in [0.25, 0.3) is 11.8 Å². The highest BCUT2D eigenvalue weighted by Crippen LogP contribution is 2.47. The van der Waals surface area contributed by atoms with E-state index in [1.165, 1.54) is 41.2 Å². The van der Waals surface area contributed by atoms with E-state index in [1.54, 1.807) is 18.2 Å². The number of pyridine rings is 1. The minimum atomic E-state index is -1.74. The Balaban J connectivity index is 1.44. The SMILES string of the molecule is O=C1c2c(c3c4ccc(O)cc4n(C4OC(CO)C(O)C(O)C4O)c3c3[nH]c4cc(O)ccc4c23)C(=O)N1NCc1ccncc1CO. The average Bonchev–Trinajstić information content (AvgIpc) is 3.69. The molecular weight excluding hydrogens is 626 g/mol. The van der Waals surface area contributed by atoms with Gasteiger partial charge in [-0.1, -0.05) is 0 Å². The Hall–Kier alpha value is -5.13. The van der Waals surface area contributed by atoms with E-state index < -0.39 is 49.1 Å². The number of aromatic hydroxyl groups is 2. The van der Waals surface area contributed by atoms with Crippen LogP contribution >= 0.6 is 0 Å². The Morgan fingerprint density at radius 2 is 1.56 bits per heavy atom. The highest BCUT2D eigenvalue weighted by atomic mass is 16.6. The van der Waals surface area contributed by atoms with Crippen molar-refractivity contribution in [2.24, 2.45) is 0 Å². The van der Waals surface area contributed by atoms with Gasteiger partial charge < -0.3 is 50.0 Å². The van der Waals surface area contributed by atoms with Crippen molar-refractivity contribution in [1.82, 2.24) is 25.0 Å². The molecule has 246 valence electrons. The number of carbonyl (C=O) groups is 2. The molecule has 1 saturated heterocycles. The van der Waals surface area contributed by atoms with Gasteiger partial charge in [-0.2, -0.15) is 0 Å². The summed E-state index contributed by atoms with van der Waals surface area (Å²) < 4.78 is 7.45. The monoisotopic (exact) mass is 655 g/mol. The van der Waals surface area contributed by atoms with Crippen molar-refractivity contribution in [3.8, 4) is 11.5 Å². The maximum atomic E-state index is 14.4. The smallest absolute Gasteiger partial charge is 0.276 e. The summed E-state index contributed by atoms with van der Waals surface area (Å²) in [6.45, 7) is -0.997. The summed E-state index contributed by atoms with van der Waals surface area (Å²) in [5, 5.41) is 75.6. The van der Waals surface area contributed by atoms with Crippen molar-refractivity contribution in [3.63, 3.8) is 0 Å². The van der Waals surface area contributed by atoms with Crippen LogP contribution in [0, 0.1) is 0 Å². The van der Waals surface area contributed by atoms with Gasteiger partial charge in [0.05, 0.1) is 46.4 Å². The zero-order chi connectivity index (χ0) is 33.6. The molecule has 9 N–H and O–H groups in total. The highest BCUT2D eigenvalue weighted by molar-refractivity contribution is 6.39. The summed E-state index contributed by atoms with van der Waals surface area (Å²) in [6, 6.07) is 10.5. The van der Waals surface area contributed by atoms with Crippen LogP contribution in [0.2, 0.25) is 0 Å². The van der Waals surface area contributed by atoms with E-state index in [9.17, 15) is 45.3 Å². The van der Waals surface area contributed by atoms with Crippen LogP contribution in [-0.2, 0) is 17.9 Å². The molecule has 2 aliphatic heterocycles. The molecule has 5 unspecified atom stereocenters. The number of imide groups is 1. The van der Waals surface area contributed by atoms with Crippen LogP contribution in [0.5, 0.6) is 11.5 Å². The van der Waals surface area contributed by atoms with Gasteiger partial charge in [-0.15, -0.1) is 0 Å². The topological polar surface area (TPSA) is 234 Å². The predicted molar refractivity (Wildman–Crippen MR) is 169 cm³/mol. The molecule has 2 amide bonds. The van der Waals surface area contributed by atoms with Crippen LogP contribution in [0.15, 0.2) is 54.9 Å². The number of ether oxygens (including phenoxy) is 1. The average molecular weight is 656 g/mol. The number of hydrogen-bond acceptors (Lipinski definition) is 12. The number of phenols is 2. The third-order valence-corrected chi connectivity index (χ3v) is 9.31. The fraction of sp³-hybridized carbons (Fsp3) is 0.242. The van der Waals surface area contributed by atoms with E-state index in [0.29, 0.717) is 38.3 Å². The number of rotatable bonds is 6. The molecule has 1 fully saturated rings. The van der Waals surface area contributed by atoms with Gasteiger partial charge in [-0.25, -0.2) is 10.4 Å². The molecule has 8 rings (SSSR count). The van der Waals surface area contributed by atoms with Gasteiger partial charge in [0.15, 0.2) is 6.23 Å². The molecule has 2 aliphatic rings. The fourth-order valence-electron chi connectivity index (χ4n) is 7.05. The Morgan fingerprint density at radius 1 is 0.854 bits per heavy atom. The number of carbonyl (C=O) groups excluding carboxylic acids is 2. The van der Waals surface area contributed by atoms with Gasteiger partial charge >= 0.3 is 0 Å². The number of aliphatic hydroxyl groups is 5. The van der Waals surface area contributed by atoms with Gasteiger partial charge in [-0.3, -0.25) is 14.6 Å². The number of amides is 2. The summed E-state index contributed by atoms with van der Waals surface area (Å²) in [7, 11) is 0. The van der Waals surface area contributed by atoms with Crippen molar-refractivity contribution in [2.45, 2.75) is 43.8 Å². The van der Waals surface area contributed by atoms with Crippen molar-refractivity contribution in [1.29, 1.82) is 0 Å². The number of H-pyrrole nitrogens is 1. The number of benzene rings is 3. The van der Waals surface area contributed by atoms with Crippen LogP contribution in [0.25, 0.3) is 43.6 Å². The third kappa shape index (κ3) is 4.17. The first kappa shape index (κ1) is 30.2. The predicted octanol–water partition coefficient (Wildman–Crippen LogP) is 1.00. The van der Waals surface area contributed by atoms with E-state index in [0.717, 1.165) is 5.01 Å². The van der Waals surface area contributed by atoms with E-state index >= 15 is 0 Å². The molecule has 48 heavy (non-hydrogen) atoms. The second-order valence-electron chi connectivity index (χ2n) is 12.0. The number of nitrogens with zero attached hydrogens (tertiary/aromatic N) is 3. The molecule has 0 bridgehead atoms. The highest BCUT2D eigenvalue weighted by Gasteiger charge is 2.47.